The number of thioether (sulfide) groups is 1. The van der Waals surface area contributed by atoms with E-state index >= 15 is 0 Å². The van der Waals surface area contributed by atoms with E-state index < -0.39 is 11.6 Å². The van der Waals surface area contributed by atoms with E-state index in [1.807, 2.05) is 24.3 Å². The second kappa shape index (κ2) is 6.72. The molecule has 0 saturated carbocycles. The molecule has 5 heteroatoms. The van der Waals surface area contributed by atoms with E-state index in [-0.39, 0.29) is 10.1 Å². The largest absolute Gasteiger partial charge is 0.497 e. The van der Waals surface area contributed by atoms with E-state index in [0.29, 0.717) is 12.3 Å². The number of hydrogen-bond acceptors (Lipinski definition) is 3. The van der Waals surface area contributed by atoms with E-state index in [2.05, 4.69) is 0 Å². The van der Waals surface area contributed by atoms with Gasteiger partial charge in [0, 0.05) is 16.7 Å². The summed E-state index contributed by atoms with van der Waals surface area (Å²) in [5, 5.41) is -0.165. The van der Waals surface area contributed by atoms with Crippen molar-refractivity contribution >= 4 is 11.8 Å². The van der Waals surface area contributed by atoms with Crippen LogP contribution in [0, 0.1) is 11.6 Å². The second-order valence-electron chi connectivity index (χ2n) is 4.19. The van der Waals surface area contributed by atoms with Gasteiger partial charge in [-0.05, 0) is 35.9 Å². The Morgan fingerprint density at radius 1 is 1.20 bits per heavy atom. The standard InChI is InChI=1S/C15H15F2NOS/c1-19-12-4-2-3-10(7-12)15(9-18)20-14-8-11(16)5-6-13(14)17/h2-8,15H,9,18H2,1H3. The van der Waals surface area contributed by atoms with Gasteiger partial charge in [-0.25, -0.2) is 8.78 Å². The SMILES string of the molecule is COc1cccc(C(CN)Sc2cc(F)ccc2F)c1. The van der Waals surface area contributed by atoms with Crippen molar-refractivity contribution in [2.45, 2.75) is 10.1 Å². The predicted molar refractivity (Wildman–Crippen MR) is 77.0 cm³/mol. The first-order valence-electron chi connectivity index (χ1n) is 6.09. The molecule has 0 aliphatic rings. The lowest BCUT2D eigenvalue weighted by molar-refractivity contribution is 0.414. The molecule has 0 aromatic heterocycles. The van der Waals surface area contributed by atoms with Crippen LogP contribution in [0.3, 0.4) is 0 Å². The average Bonchev–Trinajstić information content (AvgIpc) is 2.48. The summed E-state index contributed by atoms with van der Waals surface area (Å²) in [7, 11) is 1.58. The van der Waals surface area contributed by atoms with Crippen molar-refractivity contribution in [3.63, 3.8) is 0 Å². The van der Waals surface area contributed by atoms with E-state index in [1.54, 1.807) is 7.11 Å². The number of nitrogens with two attached hydrogens (primary N) is 1. The highest BCUT2D eigenvalue weighted by Crippen LogP contribution is 2.37. The van der Waals surface area contributed by atoms with Gasteiger partial charge in [0.2, 0.25) is 0 Å². The lowest BCUT2D eigenvalue weighted by atomic mass is 10.1. The number of halogens is 2. The highest BCUT2D eigenvalue weighted by Gasteiger charge is 2.15. The van der Waals surface area contributed by atoms with Crippen LogP contribution in [-0.4, -0.2) is 13.7 Å². The summed E-state index contributed by atoms with van der Waals surface area (Å²) in [4.78, 5) is 0.253. The van der Waals surface area contributed by atoms with Crippen molar-refractivity contribution in [1.29, 1.82) is 0 Å². The highest BCUT2D eigenvalue weighted by molar-refractivity contribution is 7.99. The summed E-state index contributed by atoms with van der Waals surface area (Å²) < 4.78 is 32.0. The summed E-state index contributed by atoms with van der Waals surface area (Å²) in [5.74, 6) is -0.200. The smallest absolute Gasteiger partial charge is 0.136 e. The molecular weight excluding hydrogens is 280 g/mol. The molecule has 106 valence electrons. The molecule has 0 aliphatic carbocycles. The van der Waals surface area contributed by atoms with Gasteiger partial charge in [-0.15, -0.1) is 11.8 Å². The van der Waals surface area contributed by atoms with Gasteiger partial charge in [0.25, 0.3) is 0 Å². The molecule has 0 heterocycles. The molecule has 0 bridgehead atoms. The predicted octanol–water partition coefficient (Wildman–Crippen LogP) is 3.77. The molecule has 2 aromatic rings. The van der Waals surface area contributed by atoms with Crippen LogP contribution < -0.4 is 10.5 Å². The molecule has 20 heavy (non-hydrogen) atoms. The molecule has 1 unspecified atom stereocenters. The maximum atomic E-state index is 13.7. The molecule has 2 aromatic carbocycles. The monoisotopic (exact) mass is 295 g/mol. The Morgan fingerprint density at radius 3 is 2.70 bits per heavy atom. The third-order valence-corrected chi connectivity index (χ3v) is 4.16. The van der Waals surface area contributed by atoms with Gasteiger partial charge >= 0.3 is 0 Å². The molecule has 2 N–H and O–H groups in total. The molecule has 2 rings (SSSR count). The molecule has 0 spiro atoms. The molecule has 1 atom stereocenters. The second-order valence-corrected chi connectivity index (χ2v) is 5.44. The molecular formula is C15H15F2NOS. The van der Waals surface area contributed by atoms with E-state index in [1.165, 1.54) is 17.8 Å². The molecule has 0 fully saturated rings. The summed E-state index contributed by atoms with van der Waals surface area (Å²) in [6.07, 6.45) is 0. The van der Waals surface area contributed by atoms with Gasteiger partial charge < -0.3 is 10.5 Å². The zero-order valence-electron chi connectivity index (χ0n) is 11.0. The van der Waals surface area contributed by atoms with Gasteiger partial charge in [0.05, 0.1) is 7.11 Å². The number of methoxy groups -OCH3 is 1. The zero-order chi connectivity index (χ0) is 14.5. The Morgan fingerprint density at radius 2 is 2.00 bits per heavy atom. The maximum absolute atomic E-state index is 13.7. The van der Waals surface area contributed by atoms with Crippen molar-refractivity contribution in [3.8, 4) is 5.75 Å². The Bertz CT molecular complexity index is 592. The average molecular weight is 295 g/mol. The molecule has 0 radical (unpaired) electrons. The van der Waals surface area contributed by atoms with Gasteiger partial charge in [0.15, 0.2) is 0 Å². The van der Waals surface area contributed by atoms with Crippen LogP contribution in [0.4, 0.5) is 8.78 Å². The summed E-state index contributed by atoms with van der Waals surface area (Å²) in [6, 6.07) is 10.8. The van der Waals surface area contributed by atoms with Crippen LogP contribution >= 0.6 is 11.8 Å². The van der Waals surface area contributed by atoms with Crippen molar-refractivity contribution in [2.75, 3.05) is 13.7 Å². The topological polar surface area (TPSA) is 35.2 Å². The minimum absolute atomic E-state index is 0.165. The third-order valence-electron chi connectivity index (χ3n) is 2.84. The Kier molecular flexibility index (Phi) is 4.98. The van der Waals surface area contributed by atoms with E-state index in [0.717, 1.165) is 17.7 Å². The quantitative estimate of drug-likeness (QED) is 0.853. The van der Waals surface area contributed by atoms with Crippen LogP contribution in [0.2, 0.25) is 0 Å². The van der Waals surface area contributed by atoms with Gasteiger partial charge in [-0.3, -0.25) is 0 Å². The third kappa shape index (κ3) is 3.49. The maximum Gasteiger partial charge on any atom is 0.136 e. The van der Waals surface area contributed by atoms with Gasteiger partial charge in [-0.1, -0.05) is 12.1 Å². The van der Waals surface area contributed by atoms with Crippen molar-refractivity contribution in [3.05, 3.63) is 59.7 Å². The van der Waals surface area contributed by atoms with Crippen LogP contribution in [0.1, 0.15) is 10.8 Å². The van der Waals surface area contributed by atoms with Crippen molar-refractivity contribution < 1.29 is 13.5 Å². The van der Waals surface area contributed by atoms with Crippen molar-refractivity contribution in [1.82, 2.24) is 0 Å². The summed E-state index contributed by atoms with van der Waals surface area (Å²) >= 11 is 1.21. The van der Waals surface area contributed by atoms with Crippen LogP contribution in [0.25, 0.3) is 0 Å². The van der Waals surface area contributed by atoms with E-state index in [9.17, 15) is 8.78 Å². The molecule has 0 saturated heterocycles. The Labute approximate surface area is 120 Å². The number of benzene rings is 2. The number of ether oxygens (including phenoxy) is 1. The lowest BCUT2D eigenvalue weighted by Crippen LogP contribution is -2.09. The zero-order valence-corrected chi connectivity index (χ0v) is 11.8. The van der Waals surface area contributed by atoms with Crippen molar-refractivity contribution in [2.24, 2.45) is 5.73 Å². The first-order valence-corrected chi connectivity index (χ1v) is 6.97. The minimum atomic E-state index is -0.463. The molecule has 2 nitrogen and oxygen atoms in total. The van der Waals surface area contributed by atoms with Gasteiger partial charge in [0.1, 0.15) is 17.4 Å². The normalized spacial score (nSPS) is 12.2. The first kappa shape index (κ1) is 14.8. The van der Waals surface area contributed by atoms with Crippen LogP contribution in [-0.2, 0) is 0 Å². The summed E-state index contributed by atoms with van der Waals surface area (Å²) in [5.41, 5.74) is 6.67. The first-order chi connectivity index (χ1) is 9.63. The van der Waals surface area contributed by atoms with Gasteiger partial charge in [-0.2, -0.15) is 0 Å². The number of hydrogen-bond donors (Lipinski definition) is 1. The molecule has 0 amide bonds. The fourth-order valence-electron chi connectivity index (χ4n) is 1.81. The highest BCUT2D eigenvalue weighted by atomic mass is 32.2. The van der Waals surface area contributed by atoms with Crippen LogP contribution in [0.15, 0.2) is 47.4 Å². The Hall–Kier alpha value is -1.59. The van der Waals surface area contributed by atoms with E-state index in [4.69, 9.17) is 10.5 Å². The fourth-order valence-corrected chi connectivity index (χ4v) is 2.86. The van der Waals surface area contributed by atoms with Crippen LogP contribution in [0.5, 0.6) is 5.75 Å². The molecule has 0 aliphatic heterocycles. The fraction of sp³-hybridized carbons (Fsp3) is 0.200. The Balaban J connectivity index is 2.26. The lowest BCUT2D eigenvalue weighted by Gasteiger charge is -2.16. The minimum Gasteiger partial charge on any atom is -0.497 e. The summed E-state index contributed by atoms with van der Waals surface area (Å²) in [6.45, 7) is 0.313. The number of rotatable bonds is 5.